The molecule has 3 amide bonds. The van der Waals surface area contributed by atoms with Gasteiger partial charge in [0.15, 0.2) is 0 Å². The zero-order valence-corrected chi connectivity index (χ0v) is 12.6. The van der Waals surface area contributed by atoms with Crippen molar-refractivity contribution in [1.29, 1.82) is 5.26 Å². The SMILES string of the molecule is CCOc1ccc(C#N)c2c1CN(C1CCC(=O)NC1=O)C2=O. The van der Waals surface area contributed by atoms with Crippen LogP contribution in [0.1, 0.15) is 41.3 Å². The zero-order chi connectivity index (χ0) is 16.6. The van der Waals surface area contributed by atoms with E-state index in [1.807, 2.05) is 13.0 Å². The molecule has 1 aromatic carbocycles. The van der Waals surface area contributed by atoms with Crippen molar-refractivity contribution in [3.05, 3.63) is 28.8 Å². The average molecular weight is 313 g/mol. The monoisotopic (exact) mass is 313 g/mol. The first-order chi connectivity index (χ1) is 11.1. The van der Waals surface area contributed by atoms with Crippen LogP contribution in [0.3, 0.4) is 0 Å². The van der Waals surface area contributed by atoms with Crippen LogP contribution in [-0.4, -0.2) is 35.3 Å². The fraction of sp³-hybridized carbons (Fsp3) is 0.375. The molecule has 0 saturated carbocycles. The van der Waals surface area contributed by atoms with Crippen LogP contribution in [0.15, 0.2) is 12.1 Å². The largest absolute Gasteiger partial charge is 0.493 e. The third-order valence-corrected chi connectivity index (χ3v) is 4.08. The summed E-state index contributed by atoms with van der Waals surface area (Å²) in [5.41, 5.74) is 1.19. The lowest BCUT2D eigenvalue weighted by Crippen LogP contribution is -2.52. The highest BCUT2D eigenvalue weighted by molar-refractivity contribution is 6.06. The number of fused-ring (bicyclic) bond motifs is 1. The lowest BCUT2D eigenvalue weighted by molar-refractivity contribution is -0.136. The molecule has 0 radical (unpaired) electrons. The second-order valence-electron chi connectivity index (χ2n) is 5.41. The molecule has 0 aliphatic carbocycles. The van der Waals surface area contributed by atoms with E-state index >= 15 is 0 Å². The summed E-state index contributed by atoms with van der Waals surface area (Å²) >= 11 is 0. The molecule has 0 aromatic heterocycles. The number of rotatable bonds is 3. The summed E-state index contributed by atoms with van der Waals surface area (Å²) in [5.74, 6) is -0.626. The highest BCUT2D eigenvalue weighted by atomic mass is 16.5. The van der Waals surface area contributed by atoms with Gasteiger partial charge in [-0.3, -0.25) is 19.7 Å². The fourth-order valence-electron chi connectivity index (χ4n) is 3.03. The predicted octanol–water partition coefficient (Wildman–Crippen LogP) is 0.718. The lowest BCUT2D eigenvalue weighted by atomic mass is 10.0. The van der Waals surface area contributed by atoms with E-state index < -0.39 is 11.9 Å². The van der Waals surface area contributed by atoms with E-state index in [0.29, 0.717) is 23.5 Å². The molecule has 0 spiro atoms. The fourth-order valence-corrected chi connectivity index (χ4v) is 3.03. The second kappa shape index (κ2) is 5.72. The second-order valence-corrected chi connectivity index (χ2v) is 5.41. The molecular weight excluding hydrogens is 298 g/mol. The minimum atomic E-state index is -0.700. The molecule has 1 saturated heterocycles. The Morgan fingerprint density at radius 1 is 1.39 bits per heavy atom. The first-order valence-corrected chi connectivity index (χ1v) is 7.40. The summed E-state index contributed by atoms with van der Waals surface area (Å²) in [4.78, 5) is 37.4. The van der Waals surface area contributed by atoms with Crippen molar-refractivity contribution in [2.75, 3.05) is 6.61 Å². The van der Waals surface area contributed by atoms with Crippen LogP contribution in [0.4, 0.5) is 0 Å². The molecule has 118 valence electrons. The number of imide groups is 1. The van der Waals surface area contributed by atoms with Gasteiger partial charge in [0.25, 0.3) is 5.91 Å². The van der Waals surface area contributed by atoms with Crippen LogP contribution in [0.5, 0.6) is 5.75 Å². The smallest absolute Gasteiger partial charge is 0.256 e. The molecule has 7 nitrogen and oxygen atoms in total. The molecule has 23 heavy (non-hydrogen) atoms. The number of nitriles is 1. The minimum Gasteiger partial charge on any atom is -0.493 e. The Morgan fingerprint density at radius 3 is 2.83 bits per heavy atom. The Balaban J connectivity index is 1.98. The van der Waals surface area contributed by atoms with Crippen molar-refractivity contribution in [3.8, 4) is 11.8 Å². The molecule has 3 rings (SSSR count). The molecule has 1 fully saturated rings. The molecule has 7 heteroatoms. The number of nitrogens with zero attached hydrogens (tertiary/aromatic N) is 2. The Kier molecular flexibility index (Phi) is 3.74. The third-order valence-electron chi connectivity index (χ3n) is 4.08. The van der Waals surface area contributed by atoms with Gasteiger partial charge in [-0.2, -0.15) is 5.26 Å². The van der Waals surface area contributed by atoms with Crippen LogP contribution in [-0.2, 0) is 16.1 Å². The summed E-state index contributed by atoms with van der Waals surface area (Å²) in [7, 11) is 0. The van der Waals surface area contributed by atoms with Gasteiger partial charge in [-0.15, -0.1) is 0 Å². The summed E-state index contributed by atoms with van der Waals surface area (Å²) < 4.78 is 5.53. The molecule has 2 aliphatic rings. The number of piperidine rings is 1. The van der Waals surface area contributed by atoms with Crippen LogP contribution >= 0.6 is 0 Å². The topological polar surface area (TPSA) is 99.5 Å². The van der Waals surface area contributed by atoms with Crippen molar-refractivity contribution in [3.63, 3.8) is 0 Å². The molecule has 2 aliphatic heterocycles. The van der Waals surface area contributed by atoms with E-state index in [0.717, 1.165) is 0 Å². The first-order valence-electron chi connectivity index (χ1n) is 7.40. The van der Waals surface area contributed by atoms with Gasteiger partial charge in [-0.25, -0.2) is 0 Å². The van der Waals surface area contributed by atoms with Crippen LogP contribution < -0.4 is 10.1 Å². The van der Waals surface area contributed by atoms with Gasteiger partial charge in [-0.1, -0.05) is 0 Å². The average Bonchev–Trinajstić information content (AvgIpc) is 2.86. The van der Waals surface area contributed by atoms with Crippen molar-refractivity contribution in [2.24, 2.45) is 0 Å². The third kappa shape index (κ3) is 2.42. The molecule has 0 bridgehead atoms. The maximum Gasteiger partial charge on any atom is 0.256 e. The normalized spacial score (nSPS) is 20.1. The van der Waals surface area contributed by atoms with E-state index in [9.17, 15) is 19.6 Å². The van der Waals surface area contributed by atoms with Gasteiger partial charge in [0, 0.05) is 12.0 Å². The van der Waals surface area contributed by atoms with Crippen molar-refractivity contribution < 1.29 is 19.1 Å². The summed E-state index contributed by atoms with van der Waals surface area (Å²) in [6, 6.07) is 4.53. The predicted molar refractivity (Wildman–Crippen MR) is 78.4 cm³/mol. The van der Waals surface area contributed by atoms with E-state index in [4.69, 9.17) is 4.74 Å². The van der Waals surface area contributed by atoms with Crippen molar-refractivity contribution in [1.82, 2.24) is 10.2 Å². The van der Waals surface area contributed by atoms with E-state index in [-0.39, 0.29) is 36.8 Å². The van der Waals surface area contributed by atoms with Gasteiger partial charge in [0.05, 0.1) is 30.3 Å². The number of ether oxygens (including phenoxy) is 1. The van der Waals surface area contributed by atoms with Gasteiger partial charge in [-0.05, 0) is 25.5 Å². The molecule has 2 heterocycles. The van der Waals surface area contributed by atoms with Gasteiger partial charge >= 0.3 is 0 Å². The van der Waals surface area contributed by atoms with Gasteiger partial charge in [0.2, 0.25) is 11.8 Å². The summed E-state index contributed by atoms with van der Waals surface area (Å²) in [6.07, 6.45) is 0.482. The summed E-state index contributed by atoms with van der Waals surface area (Å²) in [5, 5.41) is 11.5. The minimum absolute atomic E-state index is 0.194. The summed E-state index contributed by atoms with van der Waals surface area (Å²) in [6.45, 7) is 2.47. The van der Waals surface area contributed by atoms with Gasteiger partial charge < -0.3 is 9.64 Å². The van der Waals surface area contributed by atoms with Crippen molar-refractivity contribution in [2.45, 2.75) is 32.4 Å². The highest BCUT2D eigenvalue weighted by Gasteiger charge is 2.41. The van der Waals surface area contributed by atoms with E-state index in [1.54, 1.807) is 12.1 Å². The Labute approximate surface area is 132 Å². The maximum absolute atomic E-state index is 12.7. The van der Waals surface area contributed by atoms with E-state index in [2.05, 4.69) is 5.32 Å². The van der Waals surface area contributed by atoms with Crippen LogP contribution in [0.2, 0.25) is 0 Å². The standard InChI is InChI=1S/C16H15N3O4/c1-2-23-12-5-3-9(7-17)14-10(12)8-19(16(14)22)11-4-6-13(20)18-15(11)21/h3,5,11H,2,4,6,8H2,1H3,(H,18,20,21). The number of carbonyl (C=O) groups is 3. The molecule has 1 N–H and O–H groups in total. The Bertz CT molecular complexity index is 750. The maximum atomic E-state index is 12.7. The number of hydrogen-bond acceptors (Lipinski definition) is 5. The Morgan fingerprint density at radius 2 is 2.17 bits per heavy atom. The van der Waals surface area contributed by atoms with E-state index in [1.165, 1.54) is 4.90 Å². The number of nitrogens with one attached hydrogen (secondary N) is 1. The first kappa shape index (κ1) is 15.0. The highest BCUT2D eigenvalue weighted by Crippen LogP contribution is 2.35. The number of amides is 3. The molecule has 1 unspecified atom stereocenters. The lowest BCUT2D eigenvalue weighted by Gasteiger charge is -2.29. The Hall–Kier alpha value is -2.88. The van der Waals surface area contributed by atoms with Gasteiger partial charge in [0.1, 0.15) is 11.8 Å². The molecule has 1 atom stereocenters. The van der Waals surface area contributed by atoms with Crippen LogP contribution in [0.25, 0.3) is 0 Å². The quantitative estimate of drug-likeness (QED) is 0.829. The zero-order valence-electron chi connectivity index (χ0n) is 12.6. The molecular formula is C16H15N3O4. The number of benzene rings is 1. The van der Waals surface area contributed by atoms with Crippen LogP contribution in [0, 0.1) is 11.3 Å². The number of hydrogen-bond donors (Lipinski definition) is 1. The molecule has 1 aromatic rings. The van der Waals surface area contributed by atoms with Crippen molar-refractivity contribution >= 4 is 17.7 Å². The number of carbonyl (C=O) groups excluding carboxylic acids is 3.